The van der Waals surface area contributed by atoms with Crippen molar-refractivity contribution in [2.75, 3.05) is 0 Å². The first-order valence-electron chi connectivity index (χ1n) is 4.24. The molecule has 1 aromatic carbocycles. The molecule has 1 aliphatic rings. The van der Waals surface area contributed by atoms with E-state index in [1.165, 1.54) is 5.56 Å². The zero-order chi connectivity index (χ0) is 8.55. The molecule has 62 valence electrons. The van der Waals surface area contributed by atoms with Crippen molar-refractivity contribution in [2.45, 2.75) is 19.8 Å². The Bertz CT molecular complexity index is 342. The van der Waals surface area contributed by atoms with Gasteiger partial charge in [0.05, 0.1) is 0 Å². The van der Waals surface area contributed by atoms with Crippen LogP contribution in [-0.4, -0.2) is 0 Å². The van der Waals surface area contributed by atoms with Crippen molar-refractivity contribution in [3.8, 4) is 0 Å². The molecule has 1 aromatic rings. The normalized spacial score (nSPS) is 14.8. The van der Waals surface area contributed by atoms with Crippen molar-refractivity contribution in [1.29, 1.82) is 0 Å². The van der Waals surface area contributed by atoms with Crippen LogP contribution in [0.2, 0.25) is 0 Å². The Labute approximate surface area is 121 Å². The van der Waals surface area contributed by atoms with E-state index in [4.69, 9.17) is 0 Å². The molecule has 0 fully saturated rings. The van der Waals surface area contributed by atoms with E-state index in [1.54, 1.807) is 0 Å². The molecule has 0 bridgehead atoms. The first-order chi connectivity index (χ1) is 5.79. The summed E-state index contributed by atoms with van der Waals surface area (Å²) < 4.78 is 0. The van der Waals surface area contributed by atoms with E-state index in [0.717, 1.165) is 24.0 Å². The molecular weight excluding hydrogens is 187 g/mol. The smallest absolute Gasteiger partial charge is 0.872 e. The maximum absolute atomic E-state index is 11.6. The van der Waals surface area contributed by atoms with Crippen molar-refractivity contribution in [3.05, 3.63) is 41.0 Å². The fraction of sp³-hybridized carbons (Fsp3) is 0.273. The van der Waals surface area contributed by atoms with Crippen LogP contribution in [-0.2, 0) is 6.42 Å². The van der Waals surface area contributed by atoms with E-state index in [0.29, 0.717) is 0 Å². The van der Waals surface area contributed by atoms with Crippen LogP contribution in [0.4, 0.5) is 0 Å². The van der Waals surface area contributed by atoms with Gasteiger partial charge in [0, 0.05) is 0 Å². The molecule has 0 N–H and O–H groups in total. The predicted molar refractivity (Wildman–Crippen MR) is 47.4 cm³/mol. The molecule has 0 amide bonds. The average Bonchev–Trinajstić information content (AvgIpc) is 2.12. The van der Waals surface area contributed by atoms with Crippen LogP contribution in [0.15, 0.2) is 29.8 Å². The third-order valence-corrected chi connectivity index (χ3v) is 2.42. The van der Waals surface area contributed by atoms with E-state index in [9.17, 15) is 5.11 Å². The van der Waals surface area contributed by atoms with Crippen molar-refractivity contribution < 1.29 is 56.5 Å². The summed E-state index contributed by atoms with van der Waals surface area (Å²) in [6.45, 7) is 1.93. The minimum Gasteiger partial charge on any atom is -0.872 e. The summed E-state index contributed by atoms with van der Waals surface area (Å²) in [5.74, 6) is 0.233. The second kappa shape index (κ2) is 4.76. The van der Waals surface area contributed by atoms with Gasteiger partial charge in [-0.2, -0.15) is 0 Å². The third kappa shape index (κ3) is 2.25. The second-order valence-electron chi connectivity index (χ2n) is 3.27. The number of allylic oxidation sites excluding steroid dienone is 1. The summed E-state index contributed by atoms with van der Waals surface area (Å²) in [7, 11) is 0. The molecule has 0 saturated heterocycles. The Hall–Kier alpha value is 0.396. The zero-order valence-electron chi connectivity index (χ0n) is 8.13. The van der Waals surface area contributed by atoms with E-state index in [2.05, 4.69) is 0 Å². The molecule has 0 unspecified atom stereocenters. The van der Waals surface area contributed by atoms with Gasteiger partial charge in [-0.25, -0.2) is 0 Å². The zero-order valence-corrected chi connectivity index (χ0v) is 11.3. The van der Waals surface area contributed by atoms with Gasteiger partial charge in [-0.1, -0.05) is 29.8 Å². The number of rotatable bonds is 0. The van der Waals surface area contributed by atoms with Gasteiger partial charge in [-0.05, 0) is 30.9 Å². The maximum atomic E-state index is 11.6. The maximum Gasteiger partial charge on any atom is 1.00 e. The van der Waals surface area contributed by atoms with Crippen molar-refractivity contribution in [2.24, 2.45) is 0 Å². The number of fused-ring (bicyclic) bond motifs is 1. The molecule has 0 aliphatic heterocycles. The Kier molecular flexibility index (Phi) is 4.20. The van der Waals surface area contributed by atoms with Gasteiger partial charge in [0.1, 0.15) is 0 Å². The second-order valence-corrected chi connectivity index (χ2v) is 3.27. The predicted octanol–water partition coefficient (Wildman–Crippen LogP) is -1.27. The van der Waals surface area contributed by atoms with Crippen LogP contribution in [0, 0.1) is 0 Å². The minimum absolute atomic E-state index is 0. The Morgan fingerprint density at radius 1 is 1.15 bits per heavy atom. The number of aryl methyl sites for hydroxylation is 1. The number of hydrogen-bond donors (Lipinski definition) is 0. The first kappa shape index (κ1) is 11.5. The third-order valence-electron chi connectivity index (χ3n) is 2.42. The van der Waals surface area contributed by atoms with Crippen molar-refractivity contribution in [3.63, 3.8) is 0 Å². The van der Waals surface area contributed by atoms with Gasteiger partial charge in [0.15, 0.2) is 0 Å². The van der Waals surface area contributed by atoms with E-state index in [-0.39, 0.29) is 57.1 Å². The van der Waals surface area contributed by atoms with Gasteiger partial charge >= 0.3 is 51.4 Å². The number of hydrogen-bond acceptors (Lipinski definition) is 1. The van der Waals surface area contributed by atoms with Gasteiger partial charge < -0.3 is 5.11 Å². The molecule has 0 radical (unpaired) electrons. The molecule has 2 heteroatoms. The summed E-state index contributed by atoms with van der Waals surface area (Å²) in [6.07, 6.45) is 1.95. The summed E-state index contributed by atoms with van der Waals surface area (Å²) in [6, 6.07) is 7.88. The molecule has 0 saturated carbocycles. The quantitative estimate of drug-likeness (QED) is 0.477. The van der Waals surface area contributed by atoms with Gasteiger partial charge in [-0.15, -0.1) is 5.76 Å². The monoisotopic (exact) mass is 198 g/mol. The summed E-state index contributed by atoms with van der Waals surface area (Å²) in [5, 5.41) is 11.6. The van der Waals surface area contributed by atoms with E-state index < -0.39 is 0 Å². The van der Waals surface area contributed by atoms with Crippen molar-refractivity contribution in [1.82, 2.24) is 0 Å². The Morgan fingerprint density at radius 3 is 2.62 bits per heavy atom. The Balaban J connectivity index is 0.000000845. The number of benzene rings is 1. The van der Waals surface area contributed by atoms with Crippen LogP contribution in [0.5, 0.6) is 0 Å². The average molecular weight is 198 g/mol. The summed E-state index contributed by atoms with van der Waals surface area (Å²) in [4.78, 5) is 0. The Morgan fingerprint density at radius 2 is 1.85 bits per heavy atom. The molecule has 1 nitrogen and oxygen atoms in total. The first-order valence-corrected chi connectivity index (χ1v) is 4.24. The van der Waals surface area contributed by atoms with Crippen LogP contribution >= 0.6 is 0 Å². The molecule has 0 spiro atoms. The molecule has 0 aromatic heterocycles. The molecule has 0 heterocycles. The summed E-state index contributed by atoms with van der Waals surface area (Å²) in [5.41, 5.74) is 3.10. The fourth-order valence-corrected chi connectivity index (χ4v) is 1.63. The van der Waals surface area contributed by atoms with E-state index in [1.807, 2.05) is 31.2 Å². The van der Waals surface area contributed by atoms with Gasteiger partial charge in [0.25, 0.3) is 0 Å². The van der Waals surface area contributed by atoms with Crippen molar-refractivity contribution >= 4 is 5.76 Å². The van der Waals surface area contributed by atoms with Crippen LogP contribution < -0.4 is 56.5 Å². The van der Waals surface area contributed by atoms with Gasteiger partial charge in [-0.3, -0.25) is 0 Å². The molecule has 2 rings (SSSR count). The van der Waals surface area contributed by atoms with Gasteiger partial charge in [0.2, 0.25) is 0 Å². The topological polar surface area (TPSA) is 23.1 Å². The summed E-state index contributed by atoms with van der Waals surface area (Å²) >= 11 is 0. The van der Waals surface area contributed by atoms with Crippen LogP contribution in [0.25, 0.3) is 5.76 Å². The molecular formula is C11H11KO. The fourth-order valence-electron chi connectivity index (χ4n) is 1.63. The van der Waals surface area contributed by atoms with Crippen LogP contribution in [0.1, 0.15) is 24.5 Å². The molecule has 0 atom stereocenters. The molecule has 13 heavy (non-hydrogen) atoms. The standard InChI is InChI=1S/C11H12O.K/c1-8-6-7-9-4-2-3-5-10(9)11(8)12;/h2-5,12H,6-7H2,1H3;/q;+1/p-1. The minimum atomic E-state index is 0. The molecule has 1 aliphatic carbocycles. The van der Waals surface area contributed by atoms with E-state index >= 15 is 0 Å². The largest absolute Gasteiger partial charge is 1.00 e. The van der Waals surface area contributed by atoms with Crippen LogP contribution in [0.3, 0.4) is 0 Å². The SMILES string of the molecule is CC1=C([O-])c2ccccc2CC1.[K+].